The number of hydrogen-bond donors (Lipinski definition) is 0. The van der Waals surface area contributed by atoms with Gasteiger partial charge in [-0.15, -0.1) is 11.3 Å². The van der Waals surface area contributed by atoms with Crippen molar-refractivity contribution < 1.29 is 0 Å². The van der Waals surface area contributed by atoms with Crippen LogP contribution in [0, 0.1) is 0 Å². The van der Waals surface area contributed by atoms with Crippen LogP contribution in [-0.2, 0) is 0 Å². The third-order valence-corrected chi connectivity index (χ3v) is 6.17. The number of hydrogen-bond acceptors (Lipinski definition) is 2. The van der Waals surface area contributed by atoms with Gasteiger partial charge in [-0.05, 0) is 42.5 Å². The van der Waals surface area contributed by atoms with E-state index in [-0.39, 0.29) is 0 Å². The summed E-state index contributed by atoms with van der Waals surface area (Å²) in [5, 5.41) is 3.86. The van der Waals surface area contributed by atoms with Gasteiger partial charge < -0.3 is 4.57 Å². The molecule has 3 heterocycles. The van der Waals surface area contributed by atoms with Gasteiger partial charge in [-0.25, -0.2) is 0 Å². The van der Waals surface area contributed by atoms with Crippen molar-refractivity contribution in [3.8, 4) is 5.69 Å². The number of fused-ring (bicyclic) bond motifs is 6. The summed E-state index contributed by atoms with van der Waals surface area (Å²) in [7, 11) is 0. The van der Waals surface area contributed by atoms with E-state index in [9.17, 15) is 0 Å². The molecule has 0 spiro atoms. The molecule has 0 atom stereocenters. The number of para-hydroxylation sites is 1. The highest BCUT2D eigenvalue weighted by Crippen LogP contribution is 2.39. The zero-order valence-corrected chi connectivity index (χ0v) is 14.7. The average Bonchev–Trinajstić information content (AvgIpc) is 3.22. The summed E-state index contributed by atoms with van der Waals surface area (Å²) in [6.07, 6.45) is 1.88. The lowest BCUT2D eigenvalue weighted by Crippen LogP contribution is -1.92. The fourth-order valence-electron chi connectivity index (χ4n) is 3.90. The smallest absolute Gasteiger partial charge is 0.0963 e. The standard InChI is InChI=1S/C23H14N2S/c1-2-7-15(8-3-1)25-19-10-6-12-24-23(19)18-14-22-17(13-20(18)25)16-9-4-5-11-21(16)26-22/h1-14H. The molecule has 6 aromatic rings. The van der Waals surface area contributed by atoms with E-state index in [1.165, 1.54) is 36.8 Å². The van der Waals surface area contributed by atoms with E-state index in [2.05, 4.69) is 77.4 Å². The van der Waals surface area contributed by atoms with Gasteiger partial charge in [0, 0.05) is 37.4 Å². The van der Waals surface area contributed by atoms with Crippen molar-refractivity contribution in [1.82, 2.24) is 9.55 Å². The quantitative estimate of drug-likeness (QED) is 0.329. The Morgan fingerprint density at radius 2 is 1.50 bits per heavy atom. The third-order valence-electron chi connectivity index (χ3n) is 5.03. The zero-order chi connectivity index (χ0) is 17.1. The molecule has 0 radical (unpaired) electrons. The van der Waals surface area contributed by atoms with Gasteiger partial charge in [-0.1, -0.05) is 36.4 Å². The predicted molar refractivity (Wildman–Crippen MR) is 111 cm³/mol. The average molecular weight is 350 g/mol. The second-order valence-corrected chi connectivity index (χ2v) is 7.59. The maximum Gasteiger partial charge on any atom is 0.0963 e. The summed E-state index contributed by atoms with van der Waals surface area (Å²) in [5.41, 5.74) is 4.58. The summed E-state index contributed by atoms with van der Waals surface area (Å²) in [5.74, 6) is 0. The highest BCUT2D eigenvalue weighted by molar-refractivity contribution is 7.25. The van der Waals surface area contributed by atoms with E-state index in [1.807, 2.05) is 23.6 Å². The van der Waals surface area contributed by atoms with Gasteiger partial charge in [0.15, 0.2) is 0 Å². The van der Waals surface area contributed by atoms with Crippen molar-refractivity contribution in [1.29, 1.82) is 0 Å². The Morgan fingerprint density at radius 3 is 2.42 bits per heavy atom. The predicted octanol–water partition coefficient (Wildman–Crippen LogP) is 6.55. The van der Waals surface area contributed by atoms with E-state index in [0.717, 1.165) is 11.0 Å². The number of pyridine rings is 1. The summed E-state index contributed by atoms with van der Waals surface area (Å²) >= 11 is 1.85. The largest absolute Gasteiger partial charge is 0.308 e. The first-order valence-corrected chi connectivity index (χ1v) is 9.48. The van der Waals surface area contributed by atoms with Gasteiger partial charge in [-0.2, -0.15) is 0 Å². The van der Waals surface area contributed by atoms with Gasteiger partial charge in [0.05, 0.1) is 16.6 Å². The lowest BCUT2D eigenvalue weighted by atomic mass is 10.1. The van der Waals surface area contributed by atoms with Crippen LogP contribution in [0.5, 0.6) is 0 Å². The summed E-state index contributed by atoms with van der Waals surface area (Å²) < 4.78 is 4.97. The molecule has 0 unspecified atom stereocenters. The molecule has 3 aromatic heterocycles. The molecule has 0 aliphatic rings. The molecule has 3 heteroatoms. The highest BCUT2D eigenvalue weighted by atomic mass is 32.1. The molecule has 0 amide bonds. The lowest BCUT2D eigenvalue weighted by molar-refractivity contribution is 1.18. The Kier molecular flexibility index (Phi) is 2.79. The number of nitrogens with zero attached hydrogens (tertiary/aromatic N) is 2. The number of rotatable bonds is 1. The van der Waals surface area contributed by atoms with Crippen molar-refractivity contribution in [2.75, 3.05) is 0 Å². The molecule has 122 valence electrons. The summed E-state index contributed by atoms with van der Waals surface area (Å²) in [6, 6.07) is 28.0. The van der Waals surface area contributed by atoms with E-state index in [0.29, 0.717) is 0 Å². The van der Waals surface area contributed by atoms with Crippen LogP contribution in [0.15, 0.2) is 85.1 Å². The van der Waals surface area contributed by atoms with Gasteiger partial charge in [0.25, 0.3) is 0 Å². The molecule has 6 rings (SSSR count). The molecular formula is C23H14N2S. The molecular weight excluding hydrogens is 336 g/mol. The topological polar surface area (TPSA) is 17.8 Å². The monoisotopic (exact) mass is 350 g/mol. The zero-order valence-electron chi connectivity index (χ0n) is 13.9. The molecule has 0 fully saturated rings. The maximum absolute atomic E-state index is 4.70. The van der Waals surface area contributed by atoms with Gasteiger partial charge in [-0.3, -0.25) is 4.98 Å². The second kappa shape index (κ2) is 5.16. The van der Waals surface area contributed by atoms with E-state index in [1.54, 1.807) is 0 Å². The van der Waals surface area contributed by atoms with Gasteiger partial charge >= 0.3 is 0 Å². The Balaban J connectivity index is 1.86. The first-order valence-electron chi connectivity index (χ1n) is 8.66. The van der Waals surface area contributed by atoms with Crippen molar-refractivity contribution in [2.45, 2.75) is 0 Å². The van der Waals surface area contributed by atoms with Crippen molar-refractivity contribution in [2.24, 2.45) is 0 Å². The van der Waals surface area contributed by atoms with Crippen LogP contribution in [0.1, 0.15) is 0 Å². The van der Waals surface area contributed by atoms with E-state index < -0.39 is 0 Å². The molecule has 0 N–H and O–H groups in total. The van der Waals surface area contributed by atoms with Crippen LogP contribution in [0.4, 0.5) is 0 Å². The third kappa shape index (κ3) is 1.83. The van der Waals surface area contributed by atoms with Crippen LogP contribution >= 0.6 is 11.3 Å². The van der Waals surface area contributed by atoms with E-state index in [4.69, 9.17) is 4.98 Å². The molecule has 0 aliphatic carbocycles. The molecule has 0 saturated carbocycles. The first-order chi connectivity index (χ1) is 12.9. The van der Waals surface area contributed by atoms with Crippen molar-refractivity contribution >= 4 is 53.4 Å². The van der Waals surface area contributed by atoms with Crippen LogP contribution < -0.4 is 0 Å². The Hall–Kier alpha value is -3.17. The molecule has 0 bridgehead atoms. The fraction of sp³-hybridized carbons (Fsp3) is 0. The van der Waals surface area contributed by atoms with E-state index >= 15 is 0 Å². The Bertz CT molecular complexity index is 1420. The fourth-order valence-corrected chi connectivity index (χ4v) is 5.03. The summed E-state index contributed by atoms with van der Waals surface area (Å²) in [4.78, 5) is 4.70. The Morgan fingerprint density at radius 1 is 0.654 bits per heavy atom. The van der Waals surface area contributed by atoms with Gasteiger partial charge in [0.1, 0.15) is 0 Å². The first kappa shape index (κ1) is 14.0. The number of aromatic nitrogens is 2. The van der Waals surface area contributed by atoms with Crippen molar-refractivity contribution in [3.05, 3.63) is 85.1 Å². The Labute approximate surface area is 153 Å². The van der Waals surface area contributed by atoms with Crippen LogP contribution in [0.2, 0.25) is 0 Å². The highest BCUT2D eigenvalue weighted by Gasteiger charge is 2.15. The minimum atomic E-state index is 1.06. The van der Waals surface area contributed by atoms with Crippen LogP contribution in [-0.4, -0.2) is 9.55 Å². The molecule has 2 nitrogen and oxygen atoms in total. The summed E-state index contributed by atoms with van der Waals surface area (Å²) in [6.45, 7) is 0. The normalized spacial score (nSPS) is 11.8. The van der Waals surface area contributed by atoms with Crippen LogP contribution in [0.3, 0.4) is 0 Å². The second-order valence-electron chi connectivity index (χ2n) is 6.51. The minimum absolute atomic E-state index is 1.06. The lowest BCUT2D eigenvalue weighted by Gasteiger charge is -2.07. The SMILES string of the molecule is c1ccc(-n2c3cc4c(cc3c3ncccc32)sc2ccccc24)cc1. The van der Waals surface area contributed by atoms with Gasteiger partial charge in [0.2, 0.25) is 0 Å². The van der Waals surface area contributed by atoms with Crippen molar-refractivity contribution in [3.63, 3.8) is 0 Å². The number of benzene rings is 3. The minimum Gasteiger partial charge on any atom is -0.308 e. The molecule has 0 saturated heterocycles. The molecule has 26 heavy (non-hydrogen) atoms. The molecule has 3 aromatic carbocycles. The maximum atomic E-state index is 4.70. The molecule has 0 aliphatic heterocycles. The number of thiophene rings is 1. The van der Waals surface area contributed by atoms with Crippen LogP contribution in [0.25, 0.3) is 47.8 Å².